The predicted molar refractivity (Wildman–Crippen MR) is 73.7 cm³/mol. The fourth-order valence-electron chi connectivity index (χ4n) is 2.10. The van der Waals surface area contributed by atoms with Crippen LogP contribution in [-0.2, 0) is 11.2 Å². The Hall–Kier alpha value is -2.04. The van der Waals surface area contributed by atoms with E-state index in [0.717, 1.165) is 12.8 Å². The van der Waals surface area contributed by atoms with Gasteiger partial charge in [-0.3, -0.25) is 4.79 Å². The summed E-state index contributed by atoms with van der Waals surface area (Å²) >= 11 is 0. The highest BCUT2D eigenvalue weighted by molar-refractivity contribution is 5.92. The standard InChI is InChI=1S/C15H21NO4/c1-3-7-16(8-4-2)14(18)10-11-9-12(17)5-6-13(11)15(19)20/h5-6,9,17H,3-4,7-8,10H2,1-2H3,(H,19,20)/p-1. The van der Waals surface area contributed by atoms with Gasteiger partial charge in [-0.2, -0.15) is 0 Å². The second-order valence-electron chi connectivity index (χ2n) is 4.68. The number of rotatable bonds is 7. The first-order valence-corrected chi connectivity index (χ1v) is 6.80. The number of carboxylic acids is 1. The summed E-state index contributed by atoms with van der Waals surface area (Å²) in [5.41, 5.74) is 0.304. The van der Waals surface area contributed by atoms with E-state index in [1.165, 1.54) is 18.2 Å². The number of hydrogen-bond donors (Lipinski definition) is 1. The Balaban J connectivity index is 2.93. The van der Waals surface area contributed by atoms with E-state index in [4.69, 9.17) is 5.11 Å². The third-order valence-corrected chi connectivity index (χ3v) is 2.99. The normalized spacial score (nSPS) is 10.3. The highest BCUT2D eigenvalue weighted by Gasteiger charge is 2.16. The summed E-state index contributed by atoms with van der Waals surface area (Å²) in [6.45, 7) is 5.26. The molecular formula is C15H20NO4-. The van der Waals surface area contributed by atoms with E-state index in [2.05, 4.69) is 0 Å². The van der Waals surface area contributed by atoms with Crippen molar-refractivity contribution in [3.8, 4) is 5.75 Å². The molecule has 0 fully saturated rings. The molecule has 0 saturated heterocycles. The molecule has 0 spiro atoms. The molecule has 20 heavy (non-hydrogen) atoms. The third-order valence-electron chi connectivity index (χ3n) is 2.99. The first-order valence-electron chi connectivity index (χ1n) is 6.80. The number of carboxylic acid groups (broad SMARTS) is 1. The number of hydrogen-bond acceptors (Lipinski definition) is 3. The Bertz CT molecular complexity index is 479. The largest absolute Gasteiger partial charge is 0.872 e. The summed E-state index contributed by atoms with van der Waals surface area (Å²) in [4.78, 5) is 25.0. The van der Waals surface area contributed by atoms with Crippen molar-refractivity contribution in [1.29, 1.82) is 0 Å². The van der Waals surface area contributed by atoms with Crippen LogP contribution in [0.25, 0.3) is 0 Å². The van der Waals surface area contributed by atoms with E-state index in [1.54, 1.807) is 4.90 Å². The summed E-state index contributed by atoms with van der Waals surface area (Å²) in [5.74, 6) is -1.54. The molecule has 1 rings (SSSR count). The molecule has 0 bridgehead atoms. The van der Waals surface area contributed by atoms with Crippen LogP contribution >= 0.6 is 0 Å². The first-order chi connectivity index (χ1) is 9.49. The van der Waals surface area contributed by atoms with Crippen molar-refractivity contribution in [2.75, 3.05) is 13.1 Å². The second-order valence-corrected chi connectivity index (χ2v) is 4.68. The quantitative estimate of drug-likeness (QED) is 0.822. The Labute approximate surface area is 118 Å². The molecule has 0 unspecified atom stereocenters. The average Bonchev–Trinajstić information content (AvgIpc) is 2.38. The summed E-state index contributed by atoms with van der Waals surface area (Å²) in [7, 11) is 0. The maximum atomic E-state index is 12.2. The van der Waals surface area contributed by atoms with Crippen LogP contribution < -0.4 is 5.11 Å². The van der Waals surface area contributed by atoms with Crippen LogP contribution in [0.2, 0.25) is 0 Å². The van der Waals surface area contributed by atoms with Crippen LogP contribution in [0, 0.1) is 0 Å². The smallest absolute Gasteiger partial charge is 0.335 e. The number of nitrogens with zero attached hydrogens (tertiary/aromatic N) is 1. The van der Waals surface area contributed by atoms with Crippen LogP contribution in [0.3, 0.4) is 0 Å². The highest BCUT2D eigenvalue weighted by Crippen LogP contribution is 2.16. The molecule has 5 nitrogen and oxygen atoms in total. The van der Waals surface area contributed by atoms with Gasteiger partial charge in [-0.15, -0.1) is 5.75 Å². The Kier molecular flexibility index (Phi) is 6.03. The minimum absolute atomic E-state index is 0.0193. The molecule has 1 aromatic carbocycles. The van der Waals surface area contributed by atoms with Crippen molar-refractivity contribution in [2.24, 2.45) is 0 Å². The van der Waals surface area contributed by atoms with Crippen LogP contribution in [0.4, 0.5) is 0 Å². The molecule has 1 amide bonds. The van der Waals surface area contributed by atoms with Gasteiger partial charge in [0, 0.05) is 13.1 Å². The number of aromatic carboxylic acids is 1. The van der Waals surface area contributed by atoms with Crippen molar-refractivity contribution in [3.63, 3.8) is 0 Å². The lowest BCUT2D eigenvalue weighted by molar-refractivity contribution is -0.268. The number of amides is 1. The van der Waals surface area contributed by atoms with Crippen LogP contribution in [0.15, 0.2) is 18.2 Å². The van der Waals surface area contributed by atoms with Crippen molar-refractivity contribution >= 4 is 11.9 Å². The van der Waals surface area contributed by atoms with E-state index in [0.29, 0.717) is 13.1 Å². The molecule has 5 heteroatoms. The number of benzene rings is 1. The molecule has 1 N–H and O–H groups in total. The monoisotopic (exact) mass is 278 g/mol. The van der Waals surface area contributed by atoms with E-state index in [-0.39, 0.29) is 29.2 Å². The molecule has 0 aliphatic rings. The highest BCUT2D eigenvalue weighted by atomic mass is 16.4. The topological polar surface area (TPSA) is 80.7 Å². The lowest BCUT2D eigenvalue weighted by Crippen LogP contribution is -2.34. The van der Waals surface area contributed by atoms with Gasteiger partial charge in [-0.25, -0.2) is 4.79 Å². The van der Waals surface area contributed by atoms with Gasteiger partial charge in [0.25, 0.3) is 0 Å². The van der Waals surface area contributed by atoms with Gasteiger partial charge in [0.2, 0.25) is 5.91 Å². The summed E-state index contributed by atoms with van der Waals surface area (Å²) in [5, 5.41) is 20.4. The van der Waals surface area contributed by atoms with Gasteiger partial charge < -0.3 is 15.1 Å². The van der Waals surface area contributed by atoms with E-state index >= 15 is 0 Å². The molecule has 0 aliphatic heterocycles. The lowest BCUT2D eigenvalue weighted by Gasteiger charge is -2.22. The van der Waals surface area contributed by atoms with Gasteiger partial charge in [0.1, 0.15) is 0 Å². The molecule has 0 saturated carbocycles. The Morgan fingerprint density at radius 2 is 1.80 bits per heavy atom. The van der Waals surface area contributed by atoms with Crippen LogP contribution in [0.1, 0.15) is 42.6 Å². The van der Waals surface area contributed by atoms with E-state index in [1.807, 2.05) is 13.8 Å². The first kappa shape index (κ1) is 16.0. The van der Waals surface area contributed by atoms with Crippen molar-refractivity contribution in [1.82, 2.24) is 4.90 Å². The summed E-state index contributed by atoms with van der Waals surface area (Å²) in [6, 6.07) is 3.70. The molecule has 0 heterocycles. The molecule has 0 atom stereocenters. The SMILES string of the molecule is CCCN(CCC)C(=O)Cc1cc([O-])ccc1C(=O)O. The van der Waals surface area contributed by atoms with E-state index < -0.39 is 5.97 Å². The summed E-state index contributed by atoms with van der Waals surface area (Å²) in [6.07, 6.45) is 1.65. The zero-order valence-electron chi connectivity index (χ0n) is 11.9. The molecular weight excluding hydrogens is 258 g/mol. The van der Waals surface area contributed by atoms with E-state index in [9.17, 15) is 14.7 Å². The van der Waals surface area contributed by atoms with Crippen LogP contribution in [0.5, 0.6) is 5.75 Å². The second kappa shape index (κ2) is 7.53. The minimum atomic E-state index is -1.12. The molecule has 110 valence electrons. The van der Waals surface area contributed by atoms with Crippen molar-refractivity contribution in [3.05, 3.63) is 29.3 Å². The van der Waals surface area contributed by atoms with Gasteiger partial charge in [0.15, 0.2) is 0 Å². The number of carbonyl (C=O) groups is 2. The summed E-state index contributed by atoms with van der Waals surface area (Å²) < 4.78 is 0. The zero-order valence-corrected chi connectivity index (χ0v) is 11.9. The van der Waals surface area contributed by atoms with Crippen molar-refractivity contribution in [2.45, 2.75) is 33.1 Å². The third kappa shape index (κ3) is 4.26. The van der Waals surface area contributed by atoms with Gasteiger partial charge >= 0.3 is 5.97 Å². The fraction of sp³-hybridized carbons (Fsp3) is 0.467. The molecule has 0 aromatic heterocycles. The molecule has 0 aliphatic carbocycles. The van der Waals surface area contributed by atoms with Crippen LogP contribution in [-0.4, -0.2) is 35.0 Å². The maximum Gasteiger partial charge on any atom is 0.335 e. The Morgan fingerprint density at radius 1 is 1.20 bits per heavy atom. The predicted octanol–water partition coefficient (Wildman–Crippen LogP) is 1.65. The molecule has 1 aromatic rings. The number of carbonyl (C=O) groups excluding carboxylic acids is 1. The van der Waals surface area contributed by atoms with Gasteiger partial charge in [-0.1, -0.05) is 26.0 Å². The minimum Gasteiger partial charge on any atom is -0.872 e. The maximum absolute atomic E-state index is 12.2. The van der Waals surface area contributed by atoms with Gasteiger partial charge in [-0.05, 0) is 24.5 Å². The lowest BCUT2D eigenvalue weighted by atomic mass is 10.0. The zero-order chi connectivity index (χ0) is 15.1. The Morgan fingerprint density at radius 3 is 2.30 bits per heavy atom. The fourth-order valence-corrected chi connectivity index (χ4v) is 2.10. The van der Waals surface area contributed by atoms with Gasteiger partial charge in [0.05, 0.1) is 12.0 Å². The van der Waals surface area contributed by atoms with Crippen molar-refractivity contribution < 1.29 is 19.8 Å². The average molecular weight is 278 g/mol. The molecule has 0 radical (unpaired) electrons.